The maximum atomic E-state index is 11.5. The molecular weight excluding hydrogens is 316 g/mol. The van der Waals surface area contributed by atoms with Crippen LogP contribution in [-0.4, -0.2) is 50.9 Å². The van der Waals surface area contributed by atoms with Crippen molar-refractivity contribution in [2.75, 3.05) is 20.1 Å². The second-order valence-corrected chi connectivity index (χ2v) is 6.64. The smallest absolute Gasteiger partial charge is 0.220 e. The lowest BCUT2D eigenvalue weighted by Gasteiger charge is -2.31. The van der Waals surface area contributed by atoms with Crippen LogP contribution < -0.4 is 5.32 Å². The molecule has 3 heterocycles. The molecule has 1 saturated heterocycles. The van der Waals surface area contributed by atoms with Crippen molar-refractivity contribution < 1.29 is 4.79 Å². The molecule has 0 radical (unpaired) electrons. The average molecular weight is 342 g/mol. The molecule has 2 aromatic rings. The van der Waals surface area contributed by atoms with E-state index in [0.717, 1.165) is 55.5 Å². The van der Waals surface area contributed by atoms with Crippen LogP contribution in [0.3, 0.4) is 0 Å². The van der Waals surface area contributed by atoms with E-state index in [9.17, 15) is 4.79 Å². The highest BCUT2D eigenvalue weighted by atomic mass is 16.1. The molecule has 0 saturated carbocycles. The zero-order valence-electron chi connectivity index (χ0n) is 15.0. The highest BCUT2D eigenvalue weighted by molar-refractivity contribution is 5.75. The normalized spacial score (nSPS) is 18.2. The highest BCUT2D eigenvalue weighted by Crippen LogP contribution is 2.25. The summed E-state index contributed by atoms with van der Waals surface area (Å²) < 4.78 is 0. The van der Waals surface area contributed by atoms with Crippen LogP contribution in [0.25, 0.3) is 0 Å². The lowest BCUT2D eigenvalue weighted by Crippen LogP contribution is -2.35. The van der Waals surface area contributed by atoms with E-state index in [-0.39, 0.29) is 5.91 Å². The Bertz CT molecular complexity index is 700. The van der Waals surface area contributed by atoms with Crippen LogP contribution in [0.2, 0.25) is 0 Å². The van der Waals surface area contributed by atoms with Crippen LogP contribution in [0.15, 0.2) is 18.5 Å². The minimum atomic E-state index is 0.0418. The van der Waals surface area contributed by atoms with Gasteiger partial charge in [-0.1, -0.05) is 0 Å². The molecule has 3 rings (SSSR count). The van der Waals surface area contributed by atoms with Crippen molar-refractivity contribution in [3.8, 4) is 0 Å². The first-order chi connectivity index (χ1) is 12.1. The number of hydrogen-bond donors (Lipinski definition) is 2. The van der Waals surface area contributed by atoms with E-state index in [4.69, 9.17) is 4.98 Å². The van der Waals surface area contributed by atoms with Crippen molar-refractivity contribution >= 4 is 5.91 Å². The van der Waals surface area contributed by atoms with Gasteiger partial charge in [-0.05, 0) is 38.8 Å². The van der Waals surface area contributed by atoms with Gasteiger partial charge in [-0.2, -0.15) is 0 Å². The second kappa shape index (κ2) is 8.20. The quantitative estimate of drug-likeness (QED) is 0.832. The number of nitrogens with one attached hydrogen (secondary N) is 2. The van der Waals surface area contributed by atoms with Gasteiger partial charge in [0.15, 0.2) is 0 Å². The number of H-pyrrole nitrogens is 1. The van der Waals surface area contributed by atoms with Gasteiger partial charge in [0.25, 0.3) is 0 Å². The van der Waals surface area contributed by atoms with Gasteiger partial charge >= 0.3 is 0 Å². The molecule has 0 spiro atoms. The molecule has 1 amide bonds. The summed E-state index contributed by atoms with van der Waals surface area (Å²) in [5.41, 5.74) is 1.93. The van der Waals surface area contributed by atoms with Gasteiger partial charge in [0.05, 0.1) is 6.54 Å². The molecule has 0 aromatic carbocycles. The van der Waals surface area contributed by atoms with Gasteiger partial charge in [-0.3, -0.25) is 9.69 Å². The number of amides is 1. The molecule has 7 heteroatoms. The Morgan fingerprint density at radius 1 is 1.44 bits per heavy atom. The van der Waals surface area contributed by atoms with Crippen LogP contribution in [0.5, 0.6) is 0 Å². The first-order valence-electron chi connectivity index (χ1n) is 8.89. The lowest BCUT2D eigenvalue weighted by atomic mass is 9.96. The maximum Gasteiger partial charge on any atom is 0.220 e. The van der Waals surface area contributed by atoms with Crippen LogP contribution in [0.4, 0.5) is 0 Å². The number of aryl methyl sites for hydroxylation is 2. The number of carbonyl (C=O) groups is 1. The van der Waals surface area contributed by atoms with E-state index < -0.39 is 0 Å². The first kappa shape index (κ1) is 17.5. The average Bonchev–Trinajstić information content (AvgIpc) is 3.12. The minimum absolute atomic E-state index is 0.0418. The molecule has 1 aliphatic heterocycles. The summed E-state index contributed by atoms with van der Waals surface area (Å²) in [6.07, 6.45) is 7.00. The molecule has 1 fully saturated rings. The van der Waals surface area contributed by atoms with Crippen molar-refractivity contribution in [1.82, 2.24) is 30.2 Å². The van der Waals surface area contributed by atoms with E-state index in [1.807, 2.05) is 19.2 Å². The Morgan fingerprint density at radius 2 is 2.32 bits per heavy atom. The number of imidazole rings is 1. The van der Waals surface area contributed by atoms with Gasteiger partial charge < -0.3 is 10.3 Å². The molecule has 2 aromatic heterocycles. The Kier molecular flexibility index (Phi) is 5.75. The zero-order valence-corrected chi connectivity index (χ0v) is 15.0. The Labute approximate surface area is 148 Å². The van der Waals surface area contributed by atoms with E-state index in [2.05, 4.69) is 25.2 Å². The Morgan fingerprint density at radius 3 is 3.08 bits per heavy atom. The third kappa shape index (κ3) is 4.85. The van der Waals surface area contributed by atoms with Gasteiger partial charge in [0.1, 0.15) is 11.6 Å². The Hall–Kier alpha value is -2.28. The fourth-order valence-electron chi connectivity index (χ4n) is 3.34. The molecule has 0 unspecified atom stereocenters. The van der Waals surface area contributed by atoms with E-state index >= 15 is 0 Å². The number of rotatable bonds is 6. The number of likely N-dealkylation sites (tertiary alicyclic amines) is 1. The molecule has 0 bridgehead atoms. The number of hydrogen-bond acceptors (Lipinski definition) is 5. The van der Waals surface area contributed by atoms with Crippen molar-refractivity contribution in [3.05, 3.63) is 41.5 Å². The van der Waals surface area contributed by atoms with E-state index in [1.165, 1.54) is 0 Å². The topological polar surface area (TPSA) is 86.8 Å². The molecule has 25 heavy (non-hydrogen) atoms. The van der Waals surface area contributed by atoms with Crippen LogP contribution in [0.1, 0.15) is 48.2 Å². The number of aromatic amines is 1. The third-order valence-electron chi connectivity index (χ3n) is 4.61. The third-order valence-corrected chi connectivity index (χ3v) is 4.61. The summed E-state index contributed by atoms with van der Waals surface area (Å²) in [6.45, 7) is 4.85. The summed E-state index contributed by atoms with van der Waals surface area (Å²) in [7, 11) is 1.66. The summed E-state index contributed by atoms with van der Waals surface area (Å²) in [6, 6.07) is 1.98. The fraction of sp³-hybridized carbons (Fsp3) is 0.556. The summed E-state index contributed by atoms with van der Waals surface area (Å²) in [5.74, 6) is 2.29. The number of carbonyl (C=O) groups excluding carboxylic acids is 1. The predicted octanol–water partition coefficient (Wildman–Crippen LogP) is 1.57. The molecule has 1 aliphatic rings. The monoisotopic (exact) mass is 342 g/mol. The molecule has 1 atom stereocenters. The van der Waals surface area contributed by atoms with Crippen molar-refractivity contribution in [2.45, 2.75) is 45.1 Å². The first-order valence-corrected chi connectivity index (χ1v) is 8.89. The number of piperidine rings is 1. The van der Waals surface area contributed by atoms with Crippen molar-refractivity contribution in [2.24, 2.45) is 0 Å². The van der Waals surface area contributed by atoms with Crippen molar-refractivity contribution in [3.63, 3.8) is 0 Å². The molecular formula is C18H26N6O. The largest absolute Gasteiger partial charge is 0.359 e. The molecule has 134 valence electrons. The van der Waals surface area contributed by atoms with Gasteiger partial charge in [-0.25, -0.2) is 15.0 Å². The Balaban J connectivity index is 1.67. The molecule has 0 aliphatic carbocycles. The second-order valence-electron chi connectivity index (χ2n) is 6.64. The SMILES string of the molecule is CNC(=O)CCc1cc(C)nc([C@H]2CCCN(Cc3ncc[nH]3)C2)n1. The van der Waals surface area contributed by atoms with Gasteiger partial charge in [-0.15, -0.1) is 0 Å². The molecule has 2 N–H and O–H groups in total. The highest BCUT2D eigenvalue weighted by Gasteiger charge is 2.24. The van der Waals surface area contributed by atoms with Gasteiger partial charge in [0.2, 0.25) is 5.91 Å². The maximum absolute atomic E-state index is 11.5. The predicted molar refractivity (Wildman–Crippen MR) is 95.0 cm³/mol. The zero-order chi connectivity index (χ0) is 17.6. The van der Waals surface area contributed by atoms with Crippen LogP contribution in [-0.2, 0) is 17.8 Å². The number of nitrogens with zero attached hydrogens (tertiary/aromatic N) is 4. The lowest BCUT2D eigenvalue weighted by molar-refractivity contribution is -0.120. The van der Waals surface area contributed by atoms with Crippen LogP contribution >= 0.6 is 0 Å². The minimum Gasteiger partial charge on any atom is -0.359 e. The van der Waals surface area contributed by atoms with Gasteiger partial charge in [0, 0.05) is 49.7 Å². The van der Waals surface area contributed by atoms with E-state index in [0.29, 0.717) is 18.8 Å². The standard InChI is InChI=1S/C18H26N6O/c1-13-10-15(5-6-17(25)19-2)23-18(22-13)14-4-3-9-24(11-14)12-16-20-7-8-21-16/h7-8,10,14H,3-6,9,11-12H2,1-2H3,(H,19,25)(H,20,21)/t14-/m0/s1. The number of aromatic nitrogens is 4. The summed E-state index contributed by atoms with van der Waals surface area (Å²) in [4.78, 5) is 30.8. The van der Waals surface area contributed by atoms with Crippen LogP contribution in [0, 0.1) is 6.92 Å². The molecule has 7 nitrogen and oxygen atoms in total. The van der Waals surface area contributed by atoms with E-state index in [1.54, 1.807) is 13.2 Å². The fourth-order valence-corrected chi connectivity index (χ4v) is 3.34. The summed E-state index contributed by atoms with van der Waals surface area (Å²) in [5, 5.41) is 2.66. The van der Waals surface area contributed by atoms with Crippen molar-refractivity contribution in [1.29, 1.82) is 0 Å². The summed E-state index contributed by atoms with van der Waals surface area (Å²) >= 11 is 0.